The van der Waals surface area contributed by atoms with Crippen LogP contribution < -0.4 is 0 Å². The number of hydrogen-bond donors (Lipinski definition) is 0. The van der Waals surface area contributed by atoms with Crippen molar-refractivity contribution >= 4 is 5.65 Å². The van der Waals surface area contributed by atoms with Crippen LogP contribution in [0, 0.1) is 26.6 Å². The maximum absolute atomic E-state index is 13.4. The van der Waals surface area contributed by atoms with Gasteiger partial charge >= 0.3 is 0 Å². The molecule has 27 heavy (non-hydrogen) atoms. The van der Waals surface area contributed by atoms with E-state index in [1.807, 2.05) is 37.4 Å². The third kappa shape index (κ3) is 2.77. The largest absolute Gasteiger partial charge is 0.307 e. The normalized spacial score (nSPS) is 19.0. The predicted octanol–water partition coefficient (Wildman–Crippen LogP) is 3.04. The summed E-state index contributed by atoms with van der Waals surface area (Å²) in [6.07, 6.45) is 4.64. The standard InChI is InChI=1S/C19H18FN7/c1-10-22-16(8-19(23-10)27-12(3)21-11(2)25-27)14-7-15(14)17-9-26-5-4-13(20)6-18(26)24-17/h4-6,8-9,14-15H,7H2,1-3H3. The number of imidazole rings is 1. The molecule has 0 spiro atoms. The molecule has 136 valence electrons. The van der Waals surface area contributed by atoms with Gasteiger partial charge in [0.2, 0.25) is 0 Å². The number of pyridine rings is 1. The van der Waals surface area contributed by atoms with Gasteiger partial charge in [-0.05, 0) is 33.3 Å². The summed E-state index contributed by atoms with van der Waals surface area (Å²) in [5.74, 6) is 3.24. The minimum atomic E-state index is -0.276. The number of rotatable bonds is 3. The third-order valence-electron chi connectivity index (χ3n) is 4.93. The minimum Gasteiger partial charge on any atom is -0.307 e. The average molecular weight is 363 g/mol. The molecule has 0 radical (unpaired) electrons. The molecule has 1 aliphatic rings. The molecular weight excluding hydrogens is 345 g/mol. The number of aryl methyl sites for hydroxylation is 3. The van der Waals surface area contributed by atoms with Crippen LogP contribution in [0.5, 0.6) is 0 Å². The number of fused-ring (bicyclic) bond motifs is 1. The van der Waals surface area contributed by atoms with Gasteiger partial charge in [-0.2, -0.15) is 4.68 Å². The lowest BCUT2D eigenvalue weighted by atomic mass is 10.2. The fraction of sp³-hybridized carbons (Fsp3) is 0.316. The topological polar surface area (TPSA) is 73.8 Å². The second kappa shape index (κ2) is 5.67. The van der Waals surface area contributed by atoms with Crippen molar-refractivity contribution in [3.8, 4) is 5.82 Å². The molecule has 5 rings (SSSR count). The molecule has 0 N–H and O–H groups in total. The summed E-state index contributed by atoms with van der Waals surface area (Å²) in [6.45, 7) is 5.66. The molecule has 0 aliphatic heterocycles. The third-order valence-corrected chi connectivity index (χ3v) is 4.93. The summed E-state index contributed by atoms with van der Waals surface area (Å²) < 4.78 is 17.0. The van der Waals surface area contributed by atoms with E-state index >= 15 is 0 Å². The first kappa shape index (κ1) is 16.0. The van der Waals surface area contributed by atoms with Crippen molar-refractivity contribution in [1.29, 1.82) is 0 Å². The van der Waals surface area contributed by atoms with Gasteiger partial charge in [0.1, 0.15) is 28.9 Å². The van der Waals surface area contributed by atoms with Crippen LogP contribution in [0.3, 0.4) is 0 Å². The van der Waals surface area contributed by atoms with Gasteiger partial charge in [-0.1, -0.05) is 0 Å². The predicted molar refractivity (Wildman–Crippen MR) is 96.4 cm³/mol. The summed E-state index contributed by atoms with van der Waals surface area (Å²) >= 11 is 0. The molecule has 2 atom stereocenters. The van der Waals surface area contributed by atoms with Gasteiger partial charge < -0.3 is 4.40 Å². The van der Waals surface area contributed by atoms with E-state index in [0.717, 1.165) is 29.5 Å². The molecule has 4 aromatic heterocycles. The molecular formula is C19H18FN7. The van der Waals surface area contributed by atoms with Crippen molar-refractivity contribution in [1.82, 2.24) is 34.1 Å². The molecule has 2 unspecified atom stereocenters. The van der Waals surface area contributed by atoms with Crippen molar-refractivity contribution in [2.24, 2.45) is 0 Å². The Bertz CT molecular complexity index is 1180. The summed E-state index contributed by atoms with van der Waals surface area (Å²) in [5, 5.41) is 4.42. The second-order valence-electron chi connectivity index (χ2n) is 7.04. The molecule has 8 heteroatoms. The van der Waals surface area contributed by atoms with E-state index in [2.05, 4.69) is 25.0 Å². The molecule has 1 fully saturated rings. The lowest BCUT2D eigenvalue weighted by Gasteiger charge is -2.06. The molecule has 1 saturated carbocycles. The molecule has 0 aromatic carbocycles. The van der Waals surface area contributed by atoms with Crippen molar-refractivity contribution in [2.75, 3.05) is 0 Å². The highest BCUT2D eigenvalue weighted by molar-refractivity contribution is 5.43. The van der Waals surface area contributed by atoms with Crippen LogP contribution in [0.25, 0.3) is 11.5 Å². The first-order valence-corrected chi connectivity index (χ1v) is 8.88. The van der Waals surface area contributed by atoms with E-state index in [1.54, 1.807) is 10.9 Å². The molecule has 0 bridgehead atoms. The van der Waals surface area contributed by atoms with Gasteiger partial charge in [-0.3, -0.25) is 0 Å². The van der Waals surface area contributed by atoms with E-state index in [1.165, 1.54) is 12.1 Å². The van der Waals surface area contributed by atoms with E-state index in [-0.39, 0.29) is 17.7 Å². The zero-order valence-electron chi connectivity index (χ0n) is 15.3. The highest BCUT2D eigenvalue weighted by atomic mass is 19.1. The van der Waals surface area contributed by atoms with E-state index in [0.29, 0.717) is 17.3 Å². The van der Waals surface area contributed by atoms with Crippen LogP contribution >= 0.6 is 0 Å². The minimum absolute atomic E-state index is 0.276. The summed E-state index contributed by atoms with van der Waals surface area (Å²) in [5.41, 5.74) is 2.58. The SMILES string of the molecule is Cc1nc(C2CC2c2cn3ccc(F)cc3n2)cc(-n2nc(C)nc2C)n1. The zero-order chi connectivity index (χ0) is 18.7. The molecule has 0 amide bonds. The Morgan fingerprint density at radius 2 is 1.78 bits per heavy atom. The Morgan fingerprint density at radius 3 is 2.56 bits per heavy atom. The summed E-state index contributed by atoms with van der Waals surface area (Å²) in [6, 6.07) is 4.86. The Hall–Kier alpha value is -3.16. The van der Waals surface area contributed by atoms with Crippen LogP contribution in [0.4, 0.5) is 4.39 Å². The van der Waals surface area contributed by atoms with E-state index in [4.69, 9.17) is 0 Å². The van der Waals surface area contributed by atoms with Gasteiger partial charge in [0.15, 0.2) is 5.82 Å². The van der Waals surface area contributed by atoms with Crippen molar-refractivity contribution in [3.63, 3.8) is 0 Å². The number of hydrogen-bond acceptors (Lipinski definition) is 5. The molecule has 4 aromatic rings. The fourth-order valence-electron chi connectivity index (χ4n) is 3.61. The quantitative estimate of drug-likeness (QED) is 0.559. The smallest absolute Gasteiger partial charge is 0.159 e. The number of aromatic nitrogens is 7. The Labute approximate surface area is 154 Å². The van der Waals surface area contributed by atoms with E-state index in [9.17, 15) is 4.39 Å². The second-order valence-corrected chi connectivity index (χ2v) is 7.04. The fourth-order valence-corrected chi connectivity index (χ4v) is 3.61. The molecule has 0 saturated heterocycles. The van der Waals surface area contributed by atoms with Crippen LogP contribution in [0.15, 0.2) is 30.6 Å². The van der Waals surface area contributed by atoms with Crippen LogP contribution in [-0.4, -0.2) is 34.1 Å². The summed E-state index contributed by atoms with van der Waals surface area (Å²) in [4.78, 5) is 18.1. The van der Waals surface area contributed by atoms with Gasteiger partial charge in [-0.15, -0.1) is 5.10 Å². The van der Waals surface area contributed by atoms with Crippen molar-refractivity contribution in [3.05, 3.63) is 65.3 Å². The highest BCUT2D eigenvalue weighted by Gasteiger charge is 2.42. The number of halogens is 1. The Kier molecular flexibility index (Phi) is 3.37. The van der Waals surface area contributed by atoms with Gasteiger partial charge in [0.05, 0.1) is 11.4 Å². The first-order valence-electron chi connectivity index (χ1n) is 8.88. The molecule has 7 nitrogen and oxygen atoms in total. The maximum Gasteiger partial charge on any atom is 0.159 e. The maximum atomic E-state index is 13.4. The lowest BCUT2D eigenvalue weighted by Crippen LogP contribution is -2.06. The summed E-state index contributed by atoms with van der Waals surface area (Å²) in [7, 11) is 0. The van der Waals surface area contributed by atoms with Gasteiger partial charge in [-0.25, -0.2) is 24.3 Å². The first-order chi connectivity index (χ1) is 13.0. The Morgan fingerprint density at radius 1 is 0.963 bits per heavy atom. The number of nitrogens with zero attached hydrogens (tertiary/aromatic N) is 7. The average Bonchev–Trinajstić information content (AvgIpc) is 3.20. The monoisotopic (exact) mass is 363 g/mol. The van der Waals surface area contributed by atoms with Gasteiger partial charge in [0.25, 0.3) is 0 Å². The van der Waals surface area contributed by atoms with Crippen LogP contribution in [0.1, 0.15) is 47.1 Å². The van der Waals surface area contributed by atoms with Crippen molar-refractivity contribution in [2.45, 2.75) is 39.0 Å². The molecule has 4 heterocycles. The zero-order valence-corrected chi connectivity index (χ0v) is 15.3. The highest BCUT2D eigenvalue weighted by Crippen LogP contribution is 2.53. The van der Waals surface area contributed by atoms with Crippen molar-refractivity contribution < 1.29 is 4.39 Å². The van der Waals surface area contributed by atoms with E-state index < -0.39 is 0 Å². The van der Waals surface area contributed by atoms with Crippen LogP contribution in [0.2, 0.25) is 0 Å². The lowest BCUT2D eigenvalue weighted by molar-refractivity contribution is 0.626. The van der Waals surface area contributed by atoms with Gasteiger partial charge in [0, 0.05) is 36.4 Å². The molecule has 1 aliphatic carbocycles. The Balaban J connectivity index is 1.48. The van der Waals surface area contributed by atoms with Crippen LogP contribution in [-0.2, 0) is 0 Å².